The van der Waals surface area contributed by atoms with Gasteiger partial charge in [-0.1, -0.05) is 43.5 Å². The van der Waals surface area contributed by atoms with Crippen molar-refractivity contribution in [3.05, 3.63) is 47.7 Å². The molecule has 0 bridgehead atoms. The van der Waals surface area contributed by atoms with Crippen molar-refractivity contribution in [2.24, 2.45) is 0 Å². The van der Waals surface area contributed by atoms with E-state index in [0.29, 0.717) is 12.0 Å². The lowest BCUT2D eigenvalue weighted by atomic mass is 9.95. The fraction of sp³-hybridized carbons (Fsp3) is 0.444. The van der Waals surface area contributed by atoms with Gasteiger partial charge in [0, 0.05) is 18.8 Å². The molecular formula is C18H24N4. The molecule has 1 aromatic carbocycles. The molecule has 2 aromatic rings. The summed E-state index contributed by atoms with van der Waals surface area (Å²) in [5.74, 6) is 1.61. The van der Waals surface area contributed by atoms with Gasteiger partial charge >= 0.3 is 0 Å². The minimum Gasteiger partial charge on any atom is -0.367 e. The van der Waals surface area contributed by atoms with E-state index >= 15 is 0 Å². The van der Waals surface area contributed by atoms with Crippen LogP contribution in [0.15, 0.2) is 36.5 Å². The molecule has 1 aliphatic carbocycles. The van der Waals surface area contributed by atoms with Gasteiger partial charge in [-0.05, 0) is 37.0 Å². The summed E-state index contributed by atoms with van der Waals surface area (Å²) >= 11 is 0. The van der Waals surface area contributed by atoms with Crippen LogP contribution in [0.25, 0.3) is 0 Å². The molecule has 0 saturated heterocycles. The minimum atomic E-state index is 0.563. The van der Waals surface area contributed by atoms with E-state index in [0.717, 1.165) is 12.4 Å². The number of hydrogen-bond acceptors (Lipinski definition) is 4. The van der Waals surface area contributed by atoms with E-state index in [1.54, 1.807) is 0 Å². The molecule has 22 heavy (non-hydrogen) atoms. The van der Waals surface area contributed by atoms with Crippen LogP contribution in [0, 0.1) is 6.92 Å². The highest BCUT2D eigenvalue weighted by atomic mass is 15.1. The first-order valence-electron chi connectivity index (χ1n) is 8.19. The number of anilines is 2. The Morgan fingerprint density at radius 1 is 1.09 bits per heavy atom. The van der Waals surface area contributed by atoms with Gasteiger partial charge in [-0.3, -0.25) is 0 Å². The highest BCUT2D eigenvalue weighted by Crippen LogP contribution is 2.21. The van der Waals surface area contributed by atoms with Crippen LogP contribution in [0.3, 0.4) is 0 Å². The number of nitrogens with one attached hydrogen (secondary N) is 2. The maximum atomic E-state index is 4.58. The van der Waals surface area contributed by atoms with Gasteiger partial charge in [0.05, 0.1) is 0 Å². The fourth-order valence-corrected chi connectivity index (χ4v) is 2.96. The molecule has 0 aliphatic heterocycles. The molecule has 2 N–H and O–H groups in total. The Balaban J connectivity index is 1.60. The van der Waals surface area contributed by atoms with Crippen molar-refractivity contribution >= 4 is 11.8 Å². The minimum absolute atomic E-state index is 0.563. The summed E-state index contributed by atoms with van der Waals surface area (Å²) in [5, 5.41) is 6.86. The lowest BCUT2D eigenvalue weighted by Gasteiger charge is -2.23. The molecule has 3 rings (SSSR count). The van der Waals surface area contributed by atoms with Gasteiger partial charge in [-0.25, -0.2) is 4.98 Å². The summed E-state index contributed by atoms with van der Waals surface area (Å²) in [6, 6.07) is 10.9. The summed E-state index contributed by atoms with van der Waals surface area (Å²) in [7, 11) is 0. The monoisotopic (exact) mass is 296 g/mol. The predicted octanol–water partition coefficient (Wildman–Crippen LogP) is 4.14. The molecule has 0 spiro atoms. The van der Waals surface area contributed by atoms with E-state index in [2.05, 4.69) is 51.8 Å². The molecule has 0 atom stereocenters. The smallest absolute Gasteiger partial charge is 0.224 e. The maximum Gasteiger partial charge on any atom is 0.224 e. The Morgan fingerprint density at radius 3 is 2.73 bits per heavy atom. The molecule has 1 fully saturated rings. The van der Waals surface area contributed by atoms with Crippen molar-refractivity contribution in [2.45, 2.75) is 51.6 Å². The van der Waals surface area contributed by atoms with E-state index in [-0.39, 0.29) is 0 Å². The molecular weight excluding hydrogens is 272 g/mol. The van der Waals surface area contributed by atoms with E-state index in [4.69, 9.17) is 0 Å². The fourth-order valence-electron chi connectivity index (χ4n) is 2.96. The number of hydrogen-bond donors (Lipinski definition) is 2. The van der Waals surface area contributed by atoms with Crippen LogP contribution in [-0.2, 0) is 6.54 Å². The van der Waals surface area contributed by atoms with Gasteiger partial charge in [-0.2, -0.15) is 4.98 Å². The number of aryl methyl sites for hydroxylation is 1. The number of aromatic nitrogens is 2. The van der Waals surface area contributed by atoms with Crippen molar-refractivity contribution in [2.75, 3.05) is 10.6 Å². The van der Waals surface area contributed by atoms with Crippen molar-refractivity contribution in [3.8, 4) is 0 Å². The molecule has 0 unspecified atom stereocenters. The first-order valence-corrected chi connectivity index (χ1v) is 8.19. The number of benzene rings is 1. The first-order chi connectivity index (χ1) is 10.8. The summed E-state index contributed by atoms with van der Waals surface area (Å²) in [6.07, 6.45) is 8.32. The van der Waals surface area contributed by atoms with Crippen molar-refractivity contribution in [3.63, 3.8) is 0 Å². The summed E-state index contributed by atoms with van der Waals surface area (Å²) in [6.45, 7) is 2.87. The second-order valence-electron chi connectivity index (χ2n) is 6.02. The molecule has 0 amide bonds. The standard InChI is InChI=1S/C18H24N4/c1-14-7-5-6-8-15(14)13-20-18-19-12-11-17(22-18)21-16-9-3-2-4-10-16/h5-8,11-12,16H,2-4,9-10,13H2,1H3,(H2,19,20,21,22). The average molecular weight is 296 g/mol. The third-order valence-corrected chi connectivity index (χ3v) is 4.31. The zero-order chi connectivity index (χ0) is 15.2. The molecule has 116 valence electrons. The highest BCUT2D eigenvalue weighted by Gasteiger charge is 2.13. The topological polar surface area (TPSA) is 49.8 Å². The van der Waals surface area contributed by atoms with Gasteiger partial charge in [0.15, 0.2) is 0 Å². The van der Waals surface area contributed by atoms with Crippen LogP contribution in [0.4, 0.5) is 11.8 Å². The second kappa shape index (κ2) is 7.25. The maximum absolute atomic E-state index is 4.58. The van der Waals surface area contributed by atoms with E-state index < -0.39 is 0 Å². The van der Waals surface area contributed by atoms with Crippen molar-refractivity contribution in [1.29, 1.82) is 0 Å². The third kappa shape index (κ3) is 3.97. The molecule has 4 nitrogen and oxygen atoms in total. The van der Waals surface area contributed by atoms with E-state index in [9.17, 15) is 0 Å². The van der Waals surface area contributed by atoms with Crippen molar-refractivity contribution in [1.82, 2.24) is 9.97 Å². The Bertz CT molecular complexity index is 606. The summed E-state index contributed by atoms with van der Waals surface area (Å²) in [5.41, 5.74) is 2.56. The molecule has 1 heterocycles. The summed E-state index contributed by atoms with van der Waals surface area (Å²) in [4.78, 5) is 8.89. The summed E-state index contributed by atoms with van der Waals surface area (Å²) < 4.78 is 0. The Morgan fingerprint density at radius 2 is 1.91 bits per heavy atom. The lowest BCUT2D eigenvalue weighted by molar-refractivity contribution is 0.462. The quantitative estimate of drug-likeness (QED) is 0.870. The first kappa shape index (κ1) is 14.8. The van der Waals surface area contributed by atoms with Crippen molar-refractivity contribution < 1.29 is 0 Å². The van der Waals surface area contributed by atoms with Gasteiger partial charge in [-0.15, -0.1) is 0 Å². The normalized spacial score (nSPS) is 15.5. The van der Waals surface area contributed by atoms with Crippen LogP contribution in [0.2, 0.25) is 0 Å². The molecule has 1 aliphatic rings. The van der Waals surface area contributed by atoms with Crippen LogP contribution < -0.4 is 10.6 Å². The van der Waals surface area contributed by atoms with Gasteiger partial charge in [0.25, 0.3) is 0 Å². The van der Waals surface area contributed by atoms with Crippen LogP contribution in [0.5, 0.6) is 0 Å². The van der Waals surface area contributed by atoms with Crippen LogP contribution >= 0.6 is 0 Å². The van der Waals surface area contributed by atoms with Gasteiger partial charge in [0.1, 0.15) is 5.82 Å². The Labute approximate surface area is 132 Å². The third-order valence-electron chi connectivity index (χ3n) is 4.31. The van der Waals surface area contributed by atoms with Gasteiger partial charge in [0.2, 0.25) is 5.95 Å². The zero-order valence-electron chi connectivity index (χ0n) is 13.2. The highest BCUT2D eigenvalue weighted by molar-refractivity contribution is 5.41. The Hall–Kier alpha value is -2.10. The second-order valence-corrected chi connectivity index (χ2v) is 6.02. The van der Waals surface area contributed by atoms with E-state index in [1.807, 2.05) is 12.3 Å². The van der Waals surface area contributed by atoms with E-state index in [1.165, 1.54) is 43.2 Å². The number of rotatable bonds is 5. The average Bonchev–Trinajstić information content (AvgIpc) is 2.55. The van der Waals surface area contributed by atoms with Crippen LogP contribution in [-0.4, -0.2) is 16.0 Å². The largest absolute Gasteiger partial charge is 0.367 e. The van der Waals surface area contributed by atoms with Gasteiger partial charge < -0.3 is 10.6 Å². The number of nitrogens with zero attached hydrogens (tertiary/aromatic N) is 2. The van der Waals surface area contributed by atoms with Crippen LogP contribution in [0.1, 0.15) is 43.2 Å². The molecule has 0 radical (unpaired) electrons. The SMILES string of the molecule is Cc1ccccc1CNc1nccc(NC2CCCCC2)n1. The lowest BCUT2D eigenvalue weighted by Crippen LogP contribution is -2.23. The molecule has 4 heteroatoms. The predicted molar refractivity (Wildman–Crippen MR) is 91.0 cm³/mol. The molecule has 1 aromatic heterocycles. The molecule has 1 saturated carbocycles. The Kier molecular flexibility index (Phi) is 4.88. The zero-order valence-corrected chi connectivity index (χ0v) is 13.2.